The number of methoxy groups -OCH3 is 1. The Balaban J connectivity index is 1.79. The normalized spacial score (nSPS) is 17.2. The molecule has 0 radical (unpaired) electrons. The van der Waals surface area contributed by atoms with Gasteiger partial charge in [-0.05, 0) is 18.1 Å². The topological polar surface area (TPSA) is 79.4 Å². The van der Waals surface area contributed by atoms with Gasteiger partial charge in [0, 0.05) is 39.5 Å². The van der Waals surface area contributed by atoms with Crippen LogP contribution in [-0.2, 0) is 9.53 Å². The highest BCUT2D eigenvalue weighted by atomic mass is 16.5. The number of carbonyl (C=O) groups excluding carboxylic acids is 1. The molecule has 1 aliphatic heterocycles. The molecule has 0 bridgehead atoms. The molecule has 2 aromatic rings. The van der Waals surface area contributed by atoms with Crippen LogP contribution in [-0.4, -0.2) is 49.2 Å². The van der Waals surface area contributed by atoms with E-state index in [1.165, 1.54) is 0 Å². The summed E-state index contributed by atoms with van der Waals surface area (Å²) in [6.07, 6.45) is 2.60. The molecule has 2 heterocycles. The van der Waals surface area contributed by atoms with Crippen LogP contribution in [0.2, 0.25) is 0 Å². The lowest BCUT2D eigenvalue weighted by molar-refractivity contribution is -0.123. The first-order valence-corrected chi connectivity index (χ1v) is 8.45. The summed E-state index contributed by atoms with van der Waals surface area (Å²) in [6.45, 7) is 2.73. The predicted octanol–water partition coefficient (Wildman–Crippen LogP) is 1.60. The van der Waals surface area contributed by atoms with Crippen LogP contribution in [0.4, 0.5) is 11.8 Å². The quantitative estimate of drug-likeness (QED) is 0.745. The monoisotopic (exact) mass is 341 g/mol. The number of rotatable bonds is 7. The molecule has 3 rings (SSSR count). The molecule has 1 aliphatic rings. The number of hydrogen-bond acceptors (Lipinski definition) is 6. The second-order valence-electron chi connectivity index (χ2n) is 5.81. The molecule has 7 heteroatoms. The van der Waals surface area contributed by atoms with Crippen LogP contribution >= 0.6 is 0 Å². The number of nitrogens with one attached hydrogen (secondary N) is 2. The number of nitrogens with zero attached hydrogens (tertiary/aromatic N) is 3. The van der Waals surface area contributed by atoms with E-state index >= 15 is 0 Å². The molecule has 1 fully saturated rings. The van der Waals surface area contributed by atoms with Gasteiger partial charge in [0.1, 0.15) is 11.9 Å². The van der Waals surface area contributed by atoms with Crippen LogP contribution in [0.3, 0.4) is 0 Å². The zero-order chi connectivity index (χ0) is 17.5. The van der Waals surface area contributed by atoms with Crippen LogP contribution in [0.5, 0.6) is 0 Å². The van der Waals surface area contributed by atoms with Crippen molar-refractivity contribution in [2.24, 2.45) is 0 Å². The molecule has 2 N–H and O–H groups in total. The lowest BCUT2D eigenvalue weighted by atomic mass is 10.0. The Bertz CT molecular complexity index is 695. The summed E-state index contributed by atoms with van der Waals surface area (Å²) < 4.78 is 5.04. The van der Waals surface area contributed by atoms with E-state index in [0.717, 1.165) is 24.3 Å². The van der Waals surface area contributed by atoms with Crippen molar-refractivity contribution >= 4 is 17.7 Å². The lowest BCUT2D eigenvalue weighted by Gasteiger charge is -2.36. The fourth-order valence-corrected chi connectivity index (χ4v) is 2.89. The molecule has 0 spiro atoms. The Morgan fingerprint density at radius 3 is 2.96 bits per heavy atom. The molecule has 25 heavy (non-hydrogen) atoms. The third-order valence-electron chi connectivity index (χ3n) is 4.07. The average molecular weight is 341 g/mol. The smallest absolute Gasteiger partial charge is 0.247 e. The number of anilines is 2. The second-order valence-corrected chi connectivity index (χ2v) is 5.81. The van der Waals surface area contributed by atoms with Gasteiger partial charge in [0.05, 0.1) is 0 Å². The molecule has 0 aliphatic carbocycles. The molecule has 1 aromatic carbocycles. The highest BCUT2D eigenvalue weighted by molar-refractivity contribution is 5.87. The van der Waals surface area contributed by atoms with E-state index < -0.39 is 0 Å². The number of hydrogen-bond donors (Lipinski definition) is 2. The maximum Gasteiger partial charge on any atom is 0.247 e. The van der Waals surface area contributed by atoms with Gasteiger partial charge >= 0.3 is 0 Å². The van der Waals surface area contributed by atoms with Crippen molar-refractivity contribution in [1.82, 2.24) is 15.3 Å². The predicted molar refractivity (Wildman–Crippen MR) is 96.6 cm³/mol. The highest BCUT2D eigenvalue weighted by Crippen LogP contribution is 2.28. The summed E-state index contributed by atoms with van der Waals surface area (Å²) in [6, 6.07) is 11.2. The number of benzene rings is 1. The van der Waals surface area contributed by atoms with Gasteiger partial charge < -0.3 is 20.3 Å². The van der Waals surface area contributed by atoms with Crippen LogP contribution in [0.1, 0.15) is 18.0 Å². The van der Waals surface area contributed by atoms with Gasteiger partial charge in [-0.15, -0.1) is 0 Å². The lowest BCUT2D eigenvalue weighted by Crippen LogP contribution is -2.50. The number of aromatic nitrogens is 2. The Kier molecular flexibility index (Phi) is 5.79. The summed E-state index contributed by atoms with van der Waals surface area (Å²) in [7, 11) is 1.68. The summed E-state index contributed by atoms with van der Waals surface area (Å²) >= 11 is 0. The van der Waals surface area contributed by atoms with Gasteiger partial charge in [-0.3, -0.25) is 4.79 Å². The van der Waals surface area contributed by atoms with Gasteiger partial charge in [-0.25, -0.2) is 4.98 Å². The zero-order valence-electron chi connectivity index (χ0n) is 14.3. The van der Waals surface area contributed by atoms with Crippen molar-refractivity contribution in [2.75, 3.05) is 43.6 Å². The molecule has 0 saturated carbocycles. The van der Waals surface area contributed by atoms with E-state index in [1.54, 1.807) is 13.3 Å². The van der Waals surface area contributed by atoms with Crippen molar-refractivity contribution in [2.45, 2.75) is 12.5 Å². The minimum atomic E-state index is -0.383. The van der Waals surface area contributed by atoms with Crippen molar-refractivity contribution in [3.8, 4) is 0 Å². The Morgan fingerprint density at radius 1 is 1.32 bits per heavy atom. The summed E-state index contributed by atoms with van der Waals surface area (Å²) in [5, 5.41) is 6.14. The molecular formula is C18H23N5O2. The van der Waals surface area contributed by atoms with E-state index in [4.69, 9.17) is 4.74 Å². The van der Waals surface area contributed by atoms with Gasteiger partial charge in [-0.2, -0.15) is 4.98 Å². The second kappa shape index (κ2) is 8.43. The van der Waals surface area contributed by atoms with E-state index in [0.29, 0.717) is 25.6 Å². The number of piperazine rings is 1. The first-order valence-electron chi connectivity index (χ1n) is 8.45. The third-order valence-corrected chi connectivity index (χ3v) is 4.07. The van der Waals surface area contributed by atoms with Crippen LogP contribution in [0.15, 0.2) is 42.6 Å². The van der Waals surface area contributed by atoms with Gasteiger partial charge in [0.15, 0.2) is 0 Å². The molecule has 1 aromatic heterocycles. The standard InChI is InChI=1S/C18H23N5O2/c1-25-13-5-9-20-18-21-10-8-15(22-18)23-12-11-19-17(24)16(23)14-6-3-2-4-7-14/h2-4,6-8,10,16H,5,9,11-13H2,1H3,(H,19,24)(H,20,21,22). The van der Waals surface area contributed by atoms with E-state index in [-0.39, 0.29) is 11.9 Å². The molecule has 7 nitrogen and oxygen atoms in total. The maximum atomic E-state index is 12.5. The highest BCUT2D eigenvalue weighted by Gasteiger charge is 2.32. The minimum Gasteiger partial charge on any atom is -0.385 e. The van der Waals surface area contributed by atoms with E-state index in [2.05, 4.69) is 20.6 Å². The summed E-state index contributed by atoms with van der Waals surface area (Å²) in [5.41, 5.74) is 0.952. The zero-order valence-corrected chi connectivity index (χ0v) is 14.3. The first-order chi connectivity index (χ1) is 12.3. The van der Waals surface area contributed by atoms with Crippen LogP contribution < -0.4 is 15.5 Å². The van der Waals surface area contributed by atoms with Crippen LogP contribution in [0.25, 0.3) is 0 Å². The van der Waals surface area contributed by atoms with Crippen molar-refractivity contribution in [1.29, 1.82) is 0 Å². The summed E-state index contributed by atoms with van der Waals surface area (Å²) in [4.78, 5) is 23.4. The SMILES string of the molecule is COCCCNc1nccc(N2CCNC(=O)C2c2ccccc2)n1. The minimum absolute atomic E-state index is 0.00864. The van der Waals surface area contributed by atoms with Crippen LogP contribution in [0, 0.1) is 0 Å². The van der Waals surface area contributed by atoms with Gasteiger partial charge in [0.2, 0.25) is 11.9 Å². The third kappa shape index (κ3) is 4.24. The van der Waals surface area contributed by atoms with E-state index in [9.17, 15) is 4.79 Å². The first kappa shape index (κ1) is 17.2. The molecule has 1 unspecified atom stereocenters. The number of carbonyl (C=O) groups is 1. The molecular weight excluding hydrogens is 318 g/mol. The molecule has 1 atom stereocenters. The van der Waals surface area contributed by atoms with Gasteiger partial charge in [-0.1, -0.05) is 30.3 Å². The van der Waals surface area contributed by atoms with Gasteiger partial charge in [0.25, 0.3) is 0 Å². The fourth-order valence-electron chi connectivity index (χ4n) is 2.89. The van der Waals surface area contributed by atoms with E-state index in [1.807, 2.05) is 41.3 Å². The molecule has 1 amide bonds. The largest absolute Gasteiger partial charge is 0.385 e. The average Bonchev–Trinajstić information content (AvgIpc) is 2.66. The summed E-state index contributed by atoms with van der Waals surface area (Å²) in [5.74, 6) is 1.30. The molecule has 1 saturated heterocycles. The molecule has 132 valence electrons. The van der Waals surface area contributed by atoms with Crippen molar-refractivity contribution in [3.05, 3.63) is 48.2 Å². The maximum absolute atomic E-state index is 12.5. The number of amides is 1. The van der Waals surface area contributed by atoms with Crippen molar-refractivity contribution in [3.63, 3.8) is 0 Å². The Morgan fingerprint density at radius 2 is 2.16 bits per heavy atom. The number of ether oxygens (including phenoxy) is 1. The Hall–Kier alpha value is -2.67. The Labute approximate surface area is 147 Å². The van der Waals surface area contributed by atoms with Crippen molar-refractivity contribution < 1.29 is 9.53 Å². The fraction of sp³-hybridized carbons (Fsp3) is 0.389.